The molecule has 0 radical (unpaired) electrons. The van der Waals surface area contributed by atoms with Crippen molar-refractivity contribution in [3.63, 3.8) is 0 Å². The Balaban J connectivity index is 2.35. The van der Waals surface area contributed by atoms with Crippen molar-refractivity contribution in [3.8, 4) is 5.95 Å². The van der Waals surface area contributed by atoms with E-state index in [4.69, 9.17) is 4.74 Å². The summed E-state index contributed by atoms with van der Waals surface area (Å²) in [6, 6.07) is 0. The van der Waals surface area contributed by atoms with Gasteiger partial charge in [-0.2, -0.15) is 10.1 Å². The van der Waals surface area contributed by atoms with E-state index in [1.807, 2.05) is 20.8 Å². The smallest absolute Gasteiger partial charge is 0.333 e. The first-order valence-electron chi connectivity index (χ1n) is 10.1. The first-order valence-corrected chi connectivity index (χ1v) is 10.1. The van der Waals surface area contributed by atoms with Crippen LogP contribution in [0.3, 0.4) is 0 Å². The lowest BCUT2D eigenvalue weighted by molar-refractivity contribution is -0.143. The molecular weight excluding hydrogens is 388 g/mol. The number of rotatable bonds is 7. The monoisotopic (exact) mass is 416 g/mol. The van der Waals surface area contributed by atoms with Crippen LogP contribution >= 0.6 is 0 Å². The number of esters is 1. The Kier molecular flexibility index (Phi) is 5.95. The Labute approximate surface area is 173 Å². The molecule has 10 heteroatoms. The molecule has 0 bridgehead atoms. The van der Waals surface area contributed by atoms with Crippen LogP contribution in [0, 0.1) is 20.8 Å². The maximum atomic E-state index is 13.3. The number of aryl methyl sites for hydroxylation is 3. The number of aromatic nitrogens is 6. The van der Waals surface area contributed by atoms with Gasteiger partial charge in [0.05, 0.1) is 12.3 Å². The lowest BCUT2D eigenvalue weighted by Crippen LogP contribution is -2.41. The van der Waals surface area contributed by atoms with Crippen LogP contribution in [-0.4, -0.2) is 41.0 Å². The van der Waals surface area contributed by atoms with Crippen molar-refractivity contribution in [1.29, 1.82) is 0 Å². The number of hydrogen-bond acceptors (Lipinski definition) is 6. The SMILES string of the molecule is CCCCn1c(-n2nc(C)c(C)c2C)nc2c1c(=O)n(CC(=O)OCC)c(=O)n2C. The molecule has 0 spiro atoms. The summed E-state index contributed by atoms with van der Waals surface area (Å²) in [7, 11) is 1.54. The molecule has 0 N–H and O–H groups in total. The van der Waals surface area contributed by atoms with Gasteiger partial charge in [-0.05, 0) is 39.7 Å². The maximum absolute atomic E-state index is 13.3. The molecule has 30 heavy (non-hydrogen) atoms. The molecule has 0 unspecified atom stereocenters. The van der Waals surface area contributed by atoms with Crippen LogP contribution in [0.15, 0.2) is 9.59 Å². The minimum atomic E-state index is -0.634. The maximum Gasteiger partial charge on any atom is 0.333 e. The molecule has 0 aromatic carbocycles. The van der Waals surface area contributed by atoms with Gasteiger partial charge in [-0.3, -0.25) is 14.2 Å². The van der Waals surface area contributed by atoms with E-state index in [0.717, 1.165) is 34.4 Å². The first kappa shape index (κ1) is 21.5. The predicted molar refractivity (Wildman–Crippen MR) is 112 cm³/mol. The van der Waals surface area contributed by atoms with Gasteiger partial charge >= 0.3 is 11.7 Å². The zero-order valence-corrected chi connectivity index (χ0v) is 18.4. The van der Waals surface area contributed by atoms with Gasteiger partial charge in [0.15, 0.2) is 11.2 Å². The summed E-state index contributed by atoms with van der Waals surface area (Å²) in [5, 5.41) is 4.58. The number of carbonyl (C=O) groups is 1. The number of fused-ring (bicyclic) bond motifs is 1. The van der Waals surface area contributed by atoms with Crippen LogP contribution in [-0.2, 0) is 29.7 Å². The molecule has 10 nitrogen and oxygen atoms in total. The highest BCUT2D eigenvalue weighted by atomic mass is 16.5. The third-order valence-electron chi connectivity index (χ3n) is 5.38. The summed E-state index contributed by atoms with van der Waals surface area (Å²) < 4.78 is 10.6. The van der Waals surface area contributed by atoms with E-state index in [0.29, 0.717) is 12.5 Å². The lowest BCUT2D eigenvalue weighted by atomic mass is 10.2. The van der Waals surface area contributed by atoms with Gasteiger partial charge in [0.2, 0.25) is 5.95 Å². The molecule has 0 saturated carbocycles. The summed E-state index contributed by atoms with van der Waals surface area (Å²) >= 11 is 0. The fraction of sp³-hybridized carbons (Fsp3) is 0.550. The average molecular weight is 416 g/mol. The van der Waals surface area contributed by atoms with Crippen molar-refractivity contribution in [3.05, 3.63) is 37.8 Å². The van der Waals surface area contributed by atoms with Crippen molar-refractivity contribution in [2.24, 2.45) is 7.05 Å². The van der Waals surface area contributed by atoms with Crippen molar-refractivity contribution in [2.45, 2.75) is 60.5 Å². The first-order chi connectivity index (χ1) is 14.2. The van der Waals surface area contributed by atoms with Gasteiger partial charge in [0.25, 0.3) is 5.56 Å². The topological polar surface area (TPSA) is 106 Å². The van der Waals surface area contributed by atoms with E-state index in [1.165, 1.54) is 4.57 Å². The largest absolute Gasteiger partial charge is 0.465 e. The zero-order valence-electron chi connectivity index (χ0n) is 18.4. The second kappa shape index (κ2) is 8.29. The van der Waals surface area contributed by atoms with Crippen LogP contribution in [0.1, 0.15) is 43.6 Å². The van der Waals surface area contributed by atoms with Crippen LogP contribution in [0.5, 0.6) is 0 Å². The molecule has 162 valence electrons. The average Bonchev–Trinajstić information content (AvgIpc) is 3.21. The zero-order chi connectivity index (χ0) is 22.2. The summed E-state index contributed by atoms with van der Waals surface area (Å²) in [5.74, 6) is -0.154. The summed E-state index contributed by atoms with van der Waals surface area (Å²) in [5.41, 5.74) is 2.19. The van der Waals surface area contributed by atoms with E-state index in [2.05, 4.69) is 17.0 Å². The van der Waals surface area contributed by atoms with Crippen molar-refractivity contribution in [2.75, 3.05) is 6.61 Å². The number of carbonyl (C=O) groups excluding carboxylic acids is 1. The summed E-state index contributed by atoms with van der Waals surface area (Å²) in [4.78, 5) is 42.7. The van der Waals surface area contributed by atoms with Crippen molar-refractivity contribution < 1.29 is 9.53 Å². The second-order valence-corrected chi connectivity index (χ2v) is 7.33. The number of hydrogen-bond donors (Lipinski definition) is 0. The molecular formula is C20H28N6O4. The quantitative estimate of drug-likeness (QED) is 0.539. The summed E-state index contributed by atoms with van der Waals surface area (Å²) in [6.07, 6.45) is 1.73. The predicted octanol–water partition coefficient (Wildman–Crippen LogP) is 1.37. The van der Waals surface area contributed by atoms with E-state index < -0.39 is 23.8 Å². The number of imidazole rings is 1. The van der Waals surface area contributed by atoms with Gasteiger partial charge in [-0.1, -0.05) is 13.3 Å². The molecule has 3 rings (SSSR count). The third-order valence-corrected chi connectivity index (χ3v) is 5.38. The van der Waals surface area contributed by atoms with Gasteiger partial charge in [0.1, 0.15) is 6.54 Å². The number of unbranched alkanes of at least 4 members (excludes halogenated alkanes) is 1. The van der Waals surface area contributed by atoms with Crippen LogP contribution in [0.25, 0.3) is 17.1 Å². The Morgan fingerprint density at radius 2 is 1.80 bits per heavy atom. The Morgan fingerprint density at radius 3 is 2.37 bits per heavy atom. The standard InChI is InChI=1S/C20H28N6O4/c1-7-9-10-24-16-17(21-19(24)26-14(5)12(3)13(4)22-26)23(6)20(29)25(18(16)28)11-15(27)30-8-2/h7-11H2,1-6H3. The molecule has 0 amide bonds. The Bertz CT molecular complexity index is 1230. The normalized spacial score (nSPS) is 11.4. The number of nitrogens with zero attached hydrogens (tertiary/aromatic N) is 6. The summed E-state index contributed by atoms with van der Waals surface area (Å²) in [6.45, 7) is 9.83. The van der Waals surface area contributed by atoms with Crippen molar-refractivity contribution >= 4 is 17.1 Å². The number of ether oxygens (including phenoxy) is 1. The molecule has 0 aliphatic rings. The van der Waals surface area contributed by atoms with E-state index in [1.54, 1.807) is 23.2 Å². The molecule has 0 saturated heterocycles. The fourth-order valence-corrected chi connectivity index (χ4v) is 3.44. The van der Waals surface area contributed by atoms with Crippen LogP contribution in [0.4, 0.5) is 0 Å². The molecule has 0 fully saturated rings. The molecule has 0 aliphatic heterocycles. The third kappa shape index (κ3) is 3.46. The lowest BCUT2D eigenvalue weighted by Gasteiger charge is -2.11. The van der Waals surface area contributed by atoms with Gasteiger partial charge in [-0.15, -0.1) is 0 Å². The van der Waals surface area contributed by atoms with E-state index in [-0.39, 0.29) is 17.8 Å². The minimum absolute atomic E-state index is 0.173. The van der Waals surface area contributed by atoms with Crippen LogP contribution < -0.4 is 11.2 Å². The van der Waals surface area contributed by atoms with Gasteiger partial charge in [-0.25, -0.2) is 14.0 Å². The Morgan fingerprint density at radius 1 is 1.10 bits per heavy atom. The van der Waals surface area contributed by atoms with Crippen molar-refractivity contribution in [1.82, 2.24) is 28.5 Å². The molecule has 3 aromatic rings. The highest BCUT2D eigenvalue weighted by molar-refractivity contribution is 5.74. The Hall–Kier alpha value is -3.17. The fourth-order valence-electron chi connectivity index (χ4n) is 3.44. The van der Waals surface area contributed by atoms with E-state index in [9.17, 15) is 14.4 Å². The highest BCUT2D eigenvalue weighted by Gasteiger charge is 2.24. The highest BCUT2D eigenvalue weighted by Crippen LogP contribution is 2.20. The molecule has 0 aliphatic carbocycles. The van der Waals surface area contributed by atoms with Crippen LogP contribution in [0.2, 0.25) is 0 Å². The second-order valence-electron chi connectivity index (χ2n) is 7.33. The van der Waals surface area contributed by atoms with E-state index >= 15 is 0 Å². The van der Waals surface area contributed by atoms with Gasteiger partial charge in [0, 0.05) is 19.3 Å². The molecule has 3 aromatic heterocycles. The minimum Gasteiger partial charge on any atom is -0.465 e. The molecule has 3 heterocycles. The van der Waals surface area contributed by atoms with Gasteiger partial charge < -0.3 is 9.30 Å². The molecule has 0 atom stereocenters.